The largest absolute Gasteiger partial charge is 0.462 e. The van der Waals surface area contributed by atoms with Crippen LogP contribution in [0.15, 0.2) is 33.5 Å². The van der Waals surface area contributed by atoms with Crippen LogP contribution in [0.1, 0.15) is 17.3 Å². The van der Waals surface area contributed by atoms with Crippen molar-refractivity contribution >= 4 is 22.6 Å². The van der Waals surface area contributed by atoms with Crippen LogP contribution in [0.4, 0.5) is 5.69 Å². The maximum Gasteiger partial charge on any atom is 0.351 e. The van der Waals surface area contributed by atoms with E-state index in [1.54, 1.807) is 6.92 Å². The molecule has 0 amide bonds. The van der Waals surface area contributed by atoms with E-state index in [0.29, 0.717) is 5.39 Å². The van der Waals surface area contributed by atoms with E-state index < -0.39 is 16.5 Å². The number of carbonyl (C=O) groups excluding carboxylic acids is 1. The van der Waals surface area contributed by atoms with Gasteiger partial charge in [-0.05, 0) is 19.1 Å². The summed E-state index contributed by atoms with van der Waals surface area (Å²) in [5.41, 5.74) is -1.26. The Morgan fingerprint density at radius 3 is 2.79 bits per heavy atom. The fourth-order valence-electron chi connectivity index (χ4n) is 1.56. The summed E-state index contributed by atoms with van der Waals surface area (Å²) >= 11 is 0. The van der Waals surface area contributed by atoms with Crippen LogP contribution in [0.5, 0.6) is 0 Å². The van der Waals surface area contributed by atoms with Crippen molar-refractivity contribution in [2.24, 2.45) is 0 Å². The molecule has 0 aliphatic rings. The first-order valence-corrected chi connectivity index (χ1v) is 5.42. The number of rotatable bonds is 3. The van der Waals surface area contributed by atoms with E-state index in [9.17, 15) is 19.7 Å². The molecule has 19 heavy (non-hydrogen) atoms. The van der Waals surface area contributed by atoms with Gasteiger partial charge in [-0.3, -0.25) is 10.1 Å². The van der Waals surface area contributed by atoms with Crippen molar-refractivity contribution in [1.29, 1.82) is 0 Å². The molecule has 7 nitrogen and oxygen atoms in total. The molecule has 0 spiro atoms. The number of nitro benzene ring substituents is 1. The Balaban J connectivity index is 2.58. The van der Waals surface area contributed by atoms with Gasteiger partial charge < -0.3 is 9.15 Å². The van der Waals surface area contributed by atoms with Crippen molar-refractivity contribution in [3.63, 3.8) is 0 Å². The highest BCUT2D eigenvalue weighted by Gasteiger charge is 2.16. The van der Waals surface area contributed by atoms with Gasteiger partial charge in [0, 0.05) is 11.5 Å². The molecule has 0 atom stereocenters. The second-order valence-electron chi connectivity index (χ2n) is 3.65. The molecule has 0 radical (unpaired) electrons. The molecule has 0 aliphatic carbocycles. The highest BCUT2D eigenvalue weighted by atomic mass is 16.6. The smallest absolute Gasteiger partial charge is 0.351 e. The van der Waals surface area contributed by atoms with Crippen LogP contribution in [0.2, 0.25) is 0 Å². The van der Waals surface area contributed by atoms with Gasteiger partial charge in [-0.25, -0.2) is 9.59 Å². The van der Waals surface area contributed by atoms with Gasteiger partial charge in [-0.2, -0.15) is 0 Å². The summed E-state index contributed by atoms with van der Waals surface area (Å²) in [5, 5.41) is 11.0. The van der Waals surface area contributed by atoms with E-state index in [1.165, 1.54) is 18.2 Å². The third-order valence-electron chi connectivity index (χ3n) is 2.43. The zero-order valence-corrected chi connectivity index (χ0v) is 9.91. The summed E-state index contributed by atoms with van der Waals surface area (Å²) in [6.45, 7) is 1.75. The lowest BCUT2D eigenvalue weighted by Crippen LogP contribution is -2.16. The molecule has 7 heteroatoms. The quantitative estimate of drug-likeness (QED) is 0.362. The first-order chi connectivity index (χ1) is 9.02. The van der Waals surface area contributed by atoms with E-state index in [4.69, 9.17) is 9.15 Å². The van der Waals surface area contributed by atoms with Crippen molar-refractivity contribution < 1.29 is 18.9 Å². The molecular weight excluding hydrogens is 254 g/mol. The van der Waals surface area contributed by atoms with Crippen molar-refractivity contribution in [1.82, 2.24) is 0 Å². The second kappa shape index (κ2) is 4.89. The lowest BCUT2D eigenvalue weighted by Gasteiger charge is -2.02. The van der Waals surface area contributed by atoms with Crippen molar-refractivity contribution in [3.8, 4) is 0 Å². The lowest BCUT2D eigenvalue weighted by atomic mass is 10.1. The predicted octanol–water partition coefficient (Wildman–Crippen LogP) is 1.88. The molecule has 0 fully saturated rings. The fraction of sp³-hybridized carbons (Fsp3) is 0.167. The van der Waals surface area contributed by atoms with Crippen LogP contribution in [-0.4, -0.2) is 17.5 Å². The van der Waals surface area contributed by atoms with Crippen LogP contribution in [0.3, 0.4) is 0 Å². The number of nitrogens with zero attached hydrogens (tertiary/aromatic N) is 1. The van der Waals surface area contributed by atoms with Crippen molar-refractivity contribution in [2.75, 3.05) is 6.61 Å². The van der Waals surface area contributed by atoms with Crippen molar-refractivity contribution in [3.05, 3.63) is 50.4 Å². The molecule has 0 aliphatic heterocycles. The Morgan fingerprint density at radius 1 is 1.42 bits per heavy atom. The Bertz CT molecular complexity index is 718. The molecule has 0 saturated carbocycles. The number of hydrogen-bond acceptors (Lipinski definition) is 6. The number of benzene rings is 1. The summed E-state index contributed by atoms with van der Waals surface area (Å²) in [7, 11) is 0. The molecule has 98 valence electrons. The number of hydrogen-bond donors (Lipinski definition) is 0. The minimum absolute atomic E-state index is 0.0484. The number of non-ortho nitro benzene ring substituents is 1. The predicted molar refractivity (Wildman–Crippen MR) is 65.1 cm³/mol. The van der Waals surface area contributed by atoms with Gasteiger partial charge in [0.15, 0.2) is 0 Å². The maximum atomic E-state index is 11.6. The number of carbonyl (C=O) groups is 1. The first-order valence-electron chi connectivity index (χ1n) is 5.42. The molecule has 2 aromatic rings. The fourth-order valence-corrected chi connectivity index (χ4v) is 1.56. The van der Waals surface area contributed by atoms with Gasteiger partial charge in [-0.1, -0.05) is 0 Å². The average molecular weight is 263 g/mol. The summed E-state index contributed by atoms with van der Waals surface area (Å²) in [6.07, 6.45) is 0. The van der Waals surface area contributed by atoms with Gasteiger partial charge in [0.05, 0.1) is 17.6 Å². The Hall–Kier alpha value is -2.70. The van der Waals surface area contributed by atoms with Crippen LogP contribution in [0, 0.1) is 10.1 Å². The van der Waals surface area contributed by atoms with E-state index in [1.807, 2.05) is 0 Å². The molecule has 1 aromatic carbocycles. The topological polar surface area (TPSA) is 99.7 Å². The van der Waals surface area contributed by atoms with E-state index in [2.05, 4.69) is 0 Å². The monoisotopic (exact) mass is 263 g/mol. The minimum Gasteiger partial charge on any atom is -0.462 e. The summed E-state index contributed by atoms with van der Waals surface area (Å²) < 4.78 is 9.60. The molecule has 0 unspecified atom stereocenters. The number of nitro groups is 1. The highest BCUT2D eigenvalue weighted by molar-refractivity contribution is 5.93. The minimum atomic E-state index is -0.883. The zero-order valence-electron chi connectivity index (χ0n) is 9.91. The third-order valence-corrected chi connectivity index (χ3v) is 2.43. The summed E-state index contributed by atoms with van der Waals surface area (Å²) in [5.74, 6) is -0.781. The summed E-state index contributed by atoms with van der Waals surface area (Å²) in [4.78, 5) is 33.1. The van der Waals surface area contributed by atoms with Gasteiger partial charge in [0.1, 0.15) is 11.1 Å². The van der Waals surface area contributed by atoms with Gasteiger partial charge >= 0.3 is 11.6 Å². The van der Waals surface area contributed by atoms with Crippen LogP contribution in [-0.2, 0) is 4.74 Å². The van der Waals surface area contributed by atoms with Gasteiger partial charge in [0.2, 0.25) is 0 Å². The number of ether oxygens (including phenoxy) is 1. The maximum absolute atomic E-state index is 11.6. The molecular formula is C12H9NO6. The molecule has 2 rings (SSSR count). The third kappa shape index (κ3) is 2.44. The molecule has 0 saturated heterocycles. The number of esters is 1. The second-order valence-corrected chi connectivity index (χ2v) is 3.65. The highest BCUT2D eigenvalue weighted by Crippen LogP contribution is 2.20. The van der Waals surface area contributed by atoms with E-state index in [-0.39, 0.29) is 23.4 Å². The lowest BCUT2D eigenvalue weighted by molar-refractivity contribution is -0.384. The van der Waals surface area contributed by atoms with Crippen LogP contribution >= 0.6 is 0 Å². The first kappa shape index (κ1) is 12.7. The standard InChI is InChI=1S/C12H9NO6/c1-2-18-11(14)9-5-7-3-4-8(13(16)17)6-10(7)19-12(9)15/h3-6H,2H2,1H3. The Labute approximate surface area is 106 Å². The summed E-state index contributed by atoms with van der Waals surface area (Å²) in [6, 6.07) is 5.09. The molecule has 1 aromatic heterocycles. The molecule has 1 heterocycles. The van der Waals surface area contributed by atoms with Crippen molar-refractivity contribution in [2.45, 2.75) is 6.92 Å². The number of fused-ring (bicyclic) bond motifs is 1. The van der Waals surface area contributed by atoms with E-state index >= 15 is 0 Å². The van der Waals surface area contributed by atoms with E-state index in [0.717, 1.165) is 6.07 Å². The van der Waals surface area contributed by atoms with Crippen LogP contribution < -0.4 is 5.63 Å². The van der Waals surface area contributed by atoms with Gasteiger partial charge in [0.25, 0.3) is 5.69 Å². The molecule has 0 bridgehead atoms. The Morgan fingerprint density at radius 2 is 2.16 bits per heavy atom. The molecule has 0 N–H and O–H groups in total. The van der Waals surface area contributed by atoms with Gasteiger partial charge in [-0.15, -0.1) is 0 Å². The normalized spacial score (nSPS) is 10.4. The Kier molecular flexibility index (Phi) is 3.28. The van der Waals surface area contributed by atoms with Crippen LogP contribution in [0.25, 0.3) is 11.0 Å². The SMILES string of the molecule is CCOC(=O)c1cc2ccc([N+](=O)[O-])cc2oc1=O. The zero-order chi connectivity index (χ0) is 14.0. The average Bonchev–Trinajstić information content (AvgIpc) is 2.37.